The number of hydrogen-bond donors (Lipinski definition) is 1. The Labute approximate surface area is 120 Å². The highest BCUT2D eigenvalue weighted by Crippen LogP contribution is 2.34. The van der Waals surface area contributed by atoms with Crippen LogP contribution < -0.4 is 15.2 Å². The quantitative estimate of drug-likeness (QED) is 0.921. The van der Waals surface area contributed by atoms with Crippen LogP contribution in [-0.4, -0.2) is 31.3 Å². The molecule has 20 heavy (non-hydrogen) atoms. The summed E-state index contributed by atoms with van der Waals surface area (Å²) in [5, 5.41) is 0. The maximum atomic E-state index is 6.37. The highest BCUT2D eigenvalue weighted by atomic mass is 16.7. The molecule has 1 fully saturated rings. The van der Waals surface area contributed by atoms with Gasteiger partial charge in [-0.3, -0.25) is 0 Å². The van der Waals surface area contributed by atoms with Crippen molar-refractivity contribution in [1.82, 2.24) is 4.90 Å². The zero-order valence-corrected chi connectivity index (χ0v) is 12.2. The number of fused-ring (bicyclic) bond motifs is 1. The molecule has 4 heteroatoms. The molecule has 0 bridgehead atoms. The minimum atomic E-state index is 0.0397. The summed E-state index contributed by atoms with van der Waals surface area (Å²) in [4.78, 5) is 2.50. The lowest BCUT2D eigenvalue weighted by Crippen LogP contribution is -2.33. The topological polar surface area (TPSA) is 47.7 Å². The number of likely N-dealkylation sites (tertiary alicyclic amines) is 1. The molecule has 0 aromatic heterocycles. The maximum absolute atomic E-state index is 6.37. The number of nitrogens with two attached hydrogens (primary N) is 1. The number of hydrogen-bond acceptors (Lipinski definition) is 4. The summed E-state index contributed by atoms with van der Waals surface area (Å²) < 4.78 is 10.8. The fourth-order valence-electron chi connectivity index (χ4n) is 3.03. The summed E-state index contributed by atoms with van der Waals surface area (Å²) in [6.45, 7) is 5.92. The lowest BCUT2D eigenvalue weighted by molar-refractivity contribution is 0.174. The molecule has 0 spiro atoms. The summed E-state index contributed by atoms with van der Waals surface area (Å²) in [5.74, 6) is 2.49. The molecule has 2 atom stereocenters. The molecule has 1 saturated heterocycles. The van der Waals surface area contributed by atoms with Crippen LogP contribution in [0.3, 0.4) is 0 Å². The van der Waals surface area contributed by atoms with Crippen LogP contribution in [0.4, 0.5) is 0 Å². The first-order chi connectivity index (χ1) is 9.72. The molecule has 110 valence electrons. The SMILES string of the molecule is CC1CCCN(CC(N)c2ccc3c(c2)OCO3)CC1. The third kappa shape index (κ3) is 3.07. The number of rotatable bonds is 3. The van der Waals surface area contributed by atoms with Gasteiger partial charge in [0.15, 0.2) is 11.5 Å². The van der Waals surface area contributed by atoms with Crippen molar-refractivity contribution < 1.29 is 9.47 Å². The minimum absolute atomic E-state index is 0.0397. The van der Waals surface area contributed by atoms with Gasteiger partial charge in [0.1, 0.15) is 0 Å². The highest BCUT2D eigenvalue weighted by Gasteiger charge is 2.19. The van der Waals surface area contributed by atoms with Gasteiger partial charge >= 0.3 is 0 Å². The molecule has 2 heterocycles. The number of nitrogens with zero attached hydrogens (tertiary/aromatic N) is 1. The first-order valence-electron chi connectivity index (χ1n) is 7.60. The Morgan fingerprint density at radius 1 is 1.25 bits per heavy atom. The molecule has 1 aromatic carbocycles. The Morgan fingerprint density at radius 3 is 3.00 bits per heavy atom. The molecule has 0 saturated carbocycles. The molecular formula is C16H24N2O2. The third-order valence-electron chi connectivity index (χ3n) is 4.39. The Morgan fingerprint density at radius 2 is 2.10 bits per heavy atom. The summed E-state index contributed by atoms with van der Waals surface area (Å²) >= 11 is 0. The van der Waals surface area contributed by atoms with Crippen molar-refractivity contribution in [3.05, 3.63) is 23.8 Å². The average Bonchev–Trinajstić information content (AvgIpc) is 2.82. The maximum Gasteiger partial charge on any atom is 0.231 e. The van der Waals surface area contributed by atoms with E-state index in [-0.39, 0.29) is 6.04 Å². The van der Waals surface area contributed by atoms with Crippen LogP contribution in [0.2, 0.25) is 0 Å². The van der Waals surface area contributed by atoms with Crippen LogP contribution >= 0.6 is 0 Å². The minimum Gasteiger partial charge on any atom is -0.454 e. The van der Waals surface area contributed by atoms with E-state index in [1.165, 1.54) is 32.4 Å². The normalized spacial score (nSPS) is 24.4. The molecule has 0 aliphatic carbocycles. The van der Waals surface area contributed by atoms with Crippen molar-refractivity contribution in [3.8, 4) is 11.5 Å². The molecule has 3 rings (SSSR count). The Hall–Kier alpha value is -1.26. The molecule has 4 nitrogen and oxygen atoms in total. The van der Waals surface area contributed by atoms with Gasteiger partial charge in [0, 0.05) is 12.6 Å². The highest BCUT2D eigenvalue weighted by molar-refractivity contribution is 5.45. The van der Waals surface area contributed by atoms with E-state index in [0.29, 0.717) is 6.79 Å². The van der Waals surface area contributed by atoms with Crippen LogP contribution in [0.1, 0.15) is 37.8 Å². The van der Waals surface area contributed by atoms with Crippen molar-refractivity contribution in [1.29, 1.82) is 0 Å². The van der Waals surface area contributed by atoms with Crippen molar-refractivity contribution in [2.24, 2.45) is 11.7 Å². The summed E-state index contributed by atoms with van der Waals surface area (Å²) in [6.07, 6.45) is 3.92. The number of ether oxygens (including phenoxy) is 2. The van der Waals surface area contributed by atoms with Crippen molar-refractivity contribution in [2.45, 2.75) is 32.2 Å². The van der Waals surface area contributed by atoms with Crippen LogP contribution in [0, 0.1) is 5.92 Å². The van der Waals surface area contributed by atoms with Gasteiger partial charge in [-0.05, 0) is 56.0 Å². The van der Waals surface area contributed by atoms with E-state index < -0.39 is 0 Å². The van der Waals surface area contributed by atoms with Crippen molar-refractivity contribution in [2.75, 3.05) is 26.4 Å². The van der Waals surface area contributed by atoms with E-state index in [2.05, 4.69) is 17.9 Å². The van der Waals surface area contributed by atoms with Crippen molar-refractivity contribution >= 4 is 0 Å². The van der Waals surface area contributed by atoms with E-state index >= 15 is 0 Å². The fourth-order valence-corrected chi connectivity index (χ4v) is 3.03. The Balaban J connectivity index is 1.62. The van der Waals surface area contributed by atoms with E-state index in [0.717, 1.165) is 29.5 Å². The lowest BCUT2D eigenvalue weighted by atomic mass is 10.0. The first kappa shape index (κ1) is 13.7. The number of benzene rings is 1. The zero-order valence-electron chi connectivity index (χ0n) is 12.2. The monoisotopic (exact) mass is 276 g/mol. The zero-order chi connectivity index (χ0) is 13.9. The molecule has 0 amide bonds. The standard InChI is InChI=1S/C16H24N2O2/c1-12-3-2-7-18(8-6-12)10-14(17)13-4-5-15-16(9-13)20-11-19-15/h4-5,9,12,14H,2-3,6-8,10-11,17H2,1H3. The summed E-state index contributed by atoms with van der Waals surface area (Å²) in [5.41, 5.74) is 7.50. The van der Waals surface area contributed by atoms with Gasteiger partial charge in [-0.2, -0.15) is 0 Å². The van der Waals surface area contributed by atoms with E-state index in [9.17, 15) is 0 Å². The predicted octanol–water partition coefficient (Wildman–Crippen LogP) is 2.54. The molecular weight excluding hydrogens is 252 g/mol. The summed E-state index contributed by atoms with van der Waals surface area (Å²) in [7, 11) is 0. The smallest absolute Gasteiger partial charge is 0.231 e. The Kier molecular flexibility index (Phi) is 4.13. The fraction of sp³-hybridized carbons (Fsp3) is 0.625. The lowest BCUT2D eigenvalue weighted by Gasteiger charge is -2.24. The second kappa shape index (κ2) is 6.02. The van der Waals surface area contributed by atoms with E-state index in [1.807, 2.05) is 12.1 Å². The van der Waals surface area contributed by atoms with Gasteiger partial charge in [0.2, 0.25) is 6.79 Å². The summed E-state index contributed by atoms with van der Waals surface area (Å²) in [6, 6.07) is 6.08. The van der Waals surface area contributed by atoms with Gasteiger partial charge in [-0.15, -0.1) is 0 Å². The van der Waals surface area contributed by atoms with Crippen molar-refractivity contribution in [3.63, 3.8) is 0 Å². The Bertz CT molecular complexity index is 464. The molecule has 2 N–H and O–H groups in total. The van der Waals surface area contributed by atoms with Crippen LogP contribution in [0.15, 0.2) is 18.2 Å². The molecule has 2 unspecified atom stereocenters. The van der Waals surface area contributed by atoms with Gasteiger partial charge in [-0.1, -0.05) is 13.0 Å². The molecule has 1 aromatic rings. The second-order valence-corrected chi connectivity index (χ2v) is 6.06. The molecule has 2 aliphatic rings. The van der Waals surface area contributed by atoms with E-state index in [1.54, 1.807) is 0 Å². The third-order valence-corrected chi connectivity index (χ3v) is 4.39. The van der Waals surface area contributed by atoms with Gasteiger partial charge in [0.05, 0.1) is 0 Å². The van der Waals surface area contributed by atoms with Gasteiger partial charge in [0.25, 0.3) is 0 Å². The van der Waals surface area contributed by atoms with Gasteiger partial charge < -0.3 is 20.1 Å². The molecule has 2 aliphatic heterocycles. The molecule has 0 radical (unpaired) electrons. The largest absolute Gasteiger partial charge is 0.454 e. The first-order valence-corrected chi connectivity index (χ1v) is 7.60. The van der Waals surface area contributed by atoms with E-state index in [4.69, 9.17) is 15.2 Å². The van der Waals surface area contributed by atoms with Gasteiger partial charge in [-0.25, -0.2) is 0 Å². The second-order valence-electron chi connectivity index (χ2n) is 6.06. The van der Waals surface area contributed by atoms with Crippen LogP contribution in [0.25, 0.3) is 0 Å². The van der Waals surface area contributed by atoms with Crippen LogP contribution in [0.5, 0.6) is 11.5 Å². The van der Waals surface area contributed by atoms with Crippen LogP contribution in [-0.2, 0) is 0 Å². The average molecular weight is 276 g/mol. The predicted molar refractivity (Wildman–Crippen MR) is 78.9 cm³/mol.